The van der Waals surface area contributed by atoms with Crippen molar-refractivity contribution in [2.75, 3.05) is 6.54 Å². The van der Waals surface area contributed by atoms with Crippen LogP contribution in [0.1, 0.15) is 18.5 Å². The molecule has 24 heavy (non-hydrogen) atoms. The zero-order chi connectivity index (χ0) is 19.4. The zero-order valence-corrected chi connectivity index (χ0v) is 12.0. The van der Waals surface area contributed by atoms with Gasteiger partial charge in [0.1, 0.15) is 0 Å². The summed E-state index contributed by atoms with van der Waals surface area (Å²) in [5.74, 6) is -5.51. The number of nitrogens with two attached hydrogens (primary N) is 1. The summed E-state index contributed by atoms with van der Waals surface area (Å²) in [7, 11) is 0. The molecule has 0 radical (unpaired) electrons. The van der Waals surface area contributed by atoms with Gasteiger partial charge in [0.2, 0.25) is 0 Å². The van der Waals surface area contributed by atoms with Gasteiger partial charge in [0.25, 0.3) is 0 Å². The molecule has 0 saturated carbocycles. The SMILES string of the molecule is NCCCCc1cnc[nH]1.O=C(O)C(F)(F)F.O=C(O)C(F)(F)F. The molecule has 0 aliphatic rings. The van der Waals surface area contributed by atoms with Crippen LogP contribution >= 0.6 is 0 Å². The van der Waals surface area contributed by atoms with Crippen LogP contribution in [-0.2, 0) is 16.0 Å². The normalized spacial score (nSPS) is 10.8. The molecule has 7 nitrogen and oxygen atoms in total. The van der Waals surface area contributed by atoms with E-state index in [-0.39, 0.29) is 0 Å². The number of nitrogens with zero attached hydrogens (tertiary/aromatic N) is 1. The number of carboxylic acids is 2. The van der Waals surface area contributed by atoms with Crippen molar-refractivity contribution in [1.82, 2.24) is 9.97 Å². The molecule has 1 aromatic heterocycles. The second kappa shape index (κ2) is 11.3. The number of hydrogen-bond acceptors (Lipinski definition) is 4. The number of aryl methyl sites for hydroxylation is 1. The van der Waals surface area contributed by atoms with E-state index >= 15 is 0 Å². The van der Waals surface area contributed by atoms with Gasteiger partial charge in [-0.15, -0.1) is 0 Å². The zero-order valence-electron chi connectivity index (χ0n) is 12.0. The molecule has 1 heterocycles. The van der Waals surface area contributed by atoms with Crippen LogP contribution in [0.2, 0.25) is 0 Å². The van der Waals surface area contributed by atoms with Gasteiger partial charge in [0, 0.05) is 11.9 Å². The Bertz CT molecular complexity index is 449. The maximum Gasteiger partial charge on any atom is 0.490 e. The summed E-state index contributed by atoms with van der Waals surface area (Å²) in [5.41, 5.74) is 6.54. The molecule has 5 N–H and O–H groups in total. The van der Waals surface area contributed by atoms with Crippen LogP contribution in [0.4, 0.5) is 26.3 Å². The highest BCUT2D eigenvalue weighted by Crippen LogP contribution is 2.13. The van der Waals surface area contributed by atoms with Crippen LogP contribution in [0.25, 0.3) is 0 Å². The number of carbonyl (C=O) groups is 2. The van der Waals surface area contributed by atoms with E-state index in [4.69, 9.17) is 25.5 Å². The summed E-state index contributed by atoms with van der Waals surface area (Å²) in [6.45, 7) is 0.786. The molecule has 0 amide bonds. The third-order valence-electron chi connectivity index (χ3n) is 1.94. The lowest BCUT2D eigenvalue weighted by atomic mass is 10.2. The molecule has 0 aromatic carbocycles. The van der Waals surface area contributed by atoms with Crippen LogP contribution in [-0.4, -0.2) is 51.0 Å². The molecule has 0 bridgehead atoms. The molecular weight excluding hydrogens is 352 g/mol. The molecule has 1 rings (SSSR count). The summed E-state index contributed by atoms with van der Waals surface area (Å²) in [6, 6.07) is 0. The Morgan fingerprint density at radius 2 is 1.46 bits per heavy atom. The Morgan fingerprint density at radius 3 is 1.71 bits per heavy atom. The first kappa shape index (κ1) is 23.9. The molecule has 0 unspecified atom stereocenters. The van der Waals surface area contributed by atoms with Crippen LogP contribution in [0, 0.1) is 0 Å². The van der Waals surface area contributed by atoms with E-state index in [1.165, 1.54) is 5.69 Å². The fourth-order valence-electron chi connectivity index (χ4n) is 0.881. The number of imidazole rings is 1. The van der Waals surface area contributed by atoms with Gasteiger partial charge < -0.3 is 20.9 Å². The fraction of sp³-hybridized carbons (Fsp3) is 0.545. The monoisotopic (exact) mass is 367 g/mol. The Hall–Kier alpha value is -2.31. The van der Waals surface area contributed by atoms with Gasteiger partial charge >= 0.3 is 24.3 Å². The van der Waals surface area contributed by atoms with Crippen molar-refractivity contribution >= 4 is 11.9 Å². The van der Waals surface area contributed by atoms with Crippen molar-refractivity contribution in [2.45, 2.75) is 31.6 Å². The minimum absolute atomic E-state index is 0.786. The van der Waals surface area contributed by atoms with E-state index in [0.717, 1.165) is 25.8 Å². The summed E-state index contributed by atoms with van der Waals surface area (Å²) in [4.78, 5) is 24.7. The summed E-state index contributed by atoms with van der Waals surface area (Å²) in [6.07, 6.45) is -3.29. The second-order valence-electron chi connectivity index (χ2n) is 3.93. The summed E-state index contributed by atoms with van der Waals surface area (Å²) >= 11 is 0. The Morgan fingerprint density at radius 1 is 1.04 bits per heavy atom. The molecular formula is C11H15F6N3O4. The van der Waals surface area contributed by atoms with Crippen molar-refractivity contribution in [3.8, 4) is 0 Å². The summed E-state index contributed by atoms with van der Waals surface area (Å²) in [5, 5.41) is 14.2. The van der Waals surface area contributed by atoms with Crippen molar-refractivity contribution in [3.05, 3.63) is 18.2 Å². The molecule has 0 aliphatic carbocycles. The van der Waals surface area contributed by atoms with Gasteiger partial charge in [-0.25, -0.2) is 14.6 Å². The number of nitrogens with one attached hydrogen (secondary N) is 1. The smallest absolute Gasteiger partial charge is 0.475 e. The first-order valence-electron chi connectivity index (χ1n) is 6.09. The first-order valence-corrected chi connectivity index (χ1v) is 6.09. The minimum atomic E-state index is -5.08. The van der Waals surface area contributed by atoms with E-state index in [0.29, 0.717) is 0 Å². The van der Waals surface area contributed by atoms with Gasteiger partial charge in [-0.2, -0.15) is 26.3 Å². The van der Waals surface area contributed by atoms with Gasteiger partial charge in [-0.05, 0) is 25.8 Å². The maximum atomic E-state index is 10.6. The Kier molecular flexibility index (Phi) is 11.2. The Labute approximate surface area is 131 Å². The van der Waals surface area contributed by atoms with E-state index in [9.17, 15) is 26.3 Å². The molecule has 0 aliphatic heterocycles. The van der Waals surface area contributed by atoms with Crippen molar-refractivity contribution in [1.29, 1.82) is 0 Å². The van der Waals surface area contributed by atoms with E-state index in [2.05, 4.69) is 9.97 Å². The second-order valence-corrected chi connectivity index (χ2v) is 3.93. The molecule has 0 saturated heterocycles. The van der Waals surface area contributed by atoms with Gasteiger partial charge in [-0.3, -0.25) is 0 Å². The number of rotatable bonds is 4. The number of aromatic amines is 1. The third-order valence-corrected chi connectivity index (χ3v) is 1.94. The highest BCUT2D eigenvalue weighted by Gasteiger charge is 2.38. The highest BCUT2D eigenvalue weighted by atomic mass is 19.4. The molecule has 13 heteroatoms. The van der Waals surface area contributed by atoms with Crippen LogP contribution in [0.15, 0.2) is 12.5 Å². The van der Waals surface area contributed by atoms with Gasteiger partial charge in [0.05, 0.1) is 6.33 Å². The molecule has 1 aromatic rings. The van der Waals surface area contributed by atoms with Gasteiger partial charge in [-0.1, -0.05) is 0 Å². The fourth-order valence-corrected chi connectivity index (χ4v) is 0.881. The molecule has 0 atom stereocenters. The van der Waals surface area contributed by atoms with E-state index in [1.807, 2.05) is 6.20 Å². The van der Waals surface area contributed by atoms with E-state index < -0.39 is 24.3 Å². The number of carboxylic acid groups (broad SMARTS) is 2. The van der Waals surface area contributed by atoms with Crippen LogP contribution in [0.5, 0.6) is 0 Å². The molecule has 0 spiro atoms. The number of aromatic nitrogens is 2. The Balaban J connectivity index is 0. The maximum absolute atomic E-state index is 10.6. The number of hydrogen-bond donors (Lipinski definition) is 4. The number of alkyl halides is 6. The molecule has 0 fully saturated rings. The molecule has 140 valence electrons. The van der Waals surface area contributed by atoms with Crippen molar-refractivity contribution in [2.24, 2.45) is 5.73 Å². The number of unbranched alkanes of at least 4 members (excludes halogenated alkanes) is 1. The predicted octanol–water partition coefficient (Wildman–Crippen LogP) is 1.96. The number of halogens is 6. The lowest BCUT2D eigenvalue weighted by molar-refractivity contribution is -0.193. The first-order chi connectivity index (χ1) is 10.8. The standard InChI is InChI=1S/C7H13N3.2C2HF3O2/c8-4-2-1-3-7-5-9-6-10-7;2*3-2(4,5)1(6)7/h5-6H,1-4,8H2,(H,9,10);2*(H,6,7). The van der Waals surface area contributed by atoms with Crippen LogP contribution in [0.3, 0.4) is 0 Å². The summed E-state index contributed by atoms with van der Waals surface area (Å²) < 4.78 is 63.5. The topological polar surface area (TPSA) is 129 Å². The third kappa shape index (κ3) is 14.6. The van der Waals surface area contributed by atoms with Gasteiger partial charge in [0.15, 0.2) is 0 Å². The lowest BCUT2D eigenvalue weighted by Crippen LogP contribution is -2.21. The average molecular weight is 367 g/mol. The van der Waals surface area contributed by atoms with Crippen molar-refractivity contribution < 1.29 is 46.1 Å². The largest absolute Gasteiger partial charge is 0.490 e. The highest BCUT2D eigenvalue weighted by molar-refractivity contribution is 5.73. The predicted molar refractivity (Wildman–Crippen MR) is 68.0 cm³/mol. The van der Waals surface area contributed by atoms with Crippen LogP contribution < -0.4 is 5.73 Å². The van der Waals surface area contributed by atoms with E-state index in [1.54, 1.807) is 6.33 Å². The van der Waals surface area contributed by atoms with Crippen molar-refractivity contribution in [3.63, 3.8) is 0 Å². The lowest BCUT2D eigenvalue weighted by Gasteiger charge is -1.93. The average Bonchev–Trinajstić information content (AvgIpc) is 2.91. The quantitative estimate of drug-likeness (QED) is 0.476. The number of aliphatic carboxylic acids is 2. The minimum Gasteiger partial charge on any atom is -0.475 e. The number of H-pyrrole nitrogens is 1.